The van der Waals surface area contributed by atoms with E-state index in [0.29, 0.717) is 0 Å². The fraction of sp³-hybridized carbons (Fsp3) is 0.286. The Bertz CT molecular complexity index is 951. The van der Waals surface area contributed by atoms with Crippen LogP contribution in [0.15, 0.2) is 21.7 Å². The van der Waals surface area contributed by atoms with Crippen LogP contribution < -0.4 is 17.0 Å². The number of H-pyrrole nitrogens is 1. The third-order valence-corrected chi connectivity index (χ3v) is 3.74. The Morgan fingerprint density at radius 2 is 1.81 bits per heavy atom. The molecule has 26 heavy (non-hydrogen) atoms. The van der Waals surface area contributed by atoms with Crippen LogP contribution in [0, 0.1) is 5.82 Å². The van der Waals surface area contributed by atoms with Gasteiger partial charge in [0.15, 0.2) is 12.0 Å². The minimum absolute atomic E-state index is 0.0397. The van der Waals surface area contributed by atoms with Gasteiger partial charge in [0.05, 0.1) is 10.7 Å². The first-order valence-electron chi connectivity index (χ1n) is 6.79. The molecule has 0 unspecified atom stereocenters. The van der Waals surface area contributed by atoms with Gasteiger partial charge in [-0.25, -0.2) is 13.8 Å². The second kappa shape index (κ2) is 7.09. The molecule has 0 aliphatic carbocycles. The number of hydrogen-bond donors (Lipinski definition) is 2. The summed E-state index contributed by atoms with van der Waals surface area (Å²) in [6.07, 6.45) is -6.15. The maximum atomic E-state index is 14.3. The monoisotopic (exact) mass is 397 g/mol. The summed E-state index contributed by atoms with van der Waals surface area (Å²) in [6.45, 7) is 0. The standard InChI is InChI=1S/C14H12ClF4N3O4/c1-25-12(26-2)5-3-8(7(16)4-6(5)15)22-11(23)9(20)10(14(17,18)19)21-13(22)24/h3-4,12H,20H2,1-2H3,(H,21,24). The van der Waals surface area contributed by atoms with Crippen LogP contribution in [0.25, 0.3) is 5.69 Å². The summed E-state index contributed by atoms with van der Waals surface area (Å²) in [6, 6.07) is 1.70. The molecule has 142 valence electrons. The molecule has 0 aliphatic heterocycles. The third-order valence-electron chi connectivity index (χ3n) is 3.41. The molecule has 0 radical (unpaired) electrons. The van der Waals surface area contributed by atoms with Crippen molar-refractivity contribution < 1.29 is 27.0 Å². The van der Waals surface area contributed by atoms with Gasteiger partial charge in [0, 0.05) is 19.8 Å². The minimum Gasteiger partial charge on any atom is -0.393 e. The number of halogens is 5. The molecule has 2 aromatic rings. The quantitative estimate of drug-likeness (QED) is 0.608. The smallest absolute Gasteiger partial charge is 0.393 e. The first kappa shape index (κ1) is 19.9. The van der Waals surface area contributed by atoms with E-state index in [4.69, 9.17) is 26.8 Å². The summed E-state index contributed by atoms with van der Waals surface area (Å²) in [5.41, 5.74) is -1.53. The Hall–Kier alpha value is -2.37. The van der Waals surface area contributed by atoms with Gasteiger partial charge in [0.1, 0.15) is 11.5 Å². The number of aromatic nitrogens is 2. The van der Waals surface area contributed by atoms with Crippen molar-refractivity contribution in [2.45, 2.75) is 12.5 Å². The fourth-order valence-corrected chi connectivity index (χ4v) is 2.49. The molecule has 1 heterocycles. The molecule has 0 fully saturated rings. The van der Waals surface area contributed by atoms with Crippen LogP contribution in [-0.4, -0.2) is 23.8 Å². The van der Waals surface area contributed by atoms with Gasteiger partial charge in [-0.05, 0) is 12.1 Å². The molecular formula is C14H12ClF4N3O4. The van der Waals surface area contributed by atoms with Crippen molar-refractivity contribution in [3.63, 3.8) is 0 Å². The second-order valence-electron chi connectivity index (χ2n) is 4.99. The van der Waals surface area contributed by atoms with Crippen LogP contribution >= 0.6 is 11.6 Å². The molecule has 1 aromatic heterocycles. The number of ether oxygens (including phenoxy) is 2. The van der Waals surface area contributed by atoms with Gasteiger partial charge < -0.3 is 20.2 Å². The molecule has 0 bridgehead atoms. The minimum atomic E-state index is -5.07. The average Bonchev–Trinajstić information content (AvgIpc) is 2.54. The summed E-state index contributed by atoms with van der Waals surface area (Å²) in [5, 5.41) is -0.149. The number of nitrogen functional groups attached to an aromatic ring is 1. The molecule has 0 spiro atoms. The van der Waals surface area contributed by atoms with Gasteiger partial charge in [-0.2, -0.15) is 13.2 Å². The van der Waals surface area contributed by atoms with E-state index in [2.05, 4.69) is 0 Å². The molecule has 1 aromatic carbocycles. The van der Waals surface area contributed by atoms with Gasteiger partial charge in [-0.15, -0.1) is 0 Å². The van der Waals surface area contributed by atoms with Gasteiger partial charge >= 0.3 is 11.9 Å². The Morgan fingerprint density at radius 1 is 1.23 bits per heavy atom. The number of alkyl halides is 3. The Kier molecular flexibility index (Phi) is 5.44. The van der Waals surface area contributed by atoms with Crippen LogP contribution in [0.4, 0.5) is 23.2 Å². The van der Waals surface area contributed by atoms with E-state index in [1.165, 1.54) is 19.2 Å². The molecule has 0 saturated carbocycles. The molecular weight excluding hydrogens is 386 g/mol. The third kappa shape index (κ3) is 3.45. The van der Waals surface area contributed by atoms with E-state index in [1.807, 2.05) is 0 Å². The van der Waals surface area contributed by atoms with Crippen molar-refractivity contribution in [2.24, 2.45) is 0 Å². The highest BCUT2D eigenvalue weighted by atomic mass is 35.5. The lowest BCUT2D eigenvalue weighted by Crippen LogP contribution is -2.39. The van der Waals surface area contributed by atoms with Crippen molar-refractivity contribution in [1.29, 1.82) is 0 Å². The lowest BCUT2D eigenvalue weighted by Gasteiger charge is -2.18. The summed E-state index contributed by atoms with van der Waals surface area (Å²) in [5.74, 6) is -1.14. The maximum absolute atomic E-state index is 14.3. The number of anilines is 1. The topological polar surface area (TPSA) is 99.3 Å². The molecule has 3 N–H and O–H groups in total. The highest BCUT2D eigenvalue weighted by Gasteiger charge is 2.36. The number of hydrogen-bond acceptors (Lipinski definition) is 5. The Morgan fingerprint density at radius 3 is 2.31 bits per heavy atom. The number of nitrogens with one attached hydrogen (secondary N) is 1. The molecule has 0 saturated heterocycles. The Labute approximate surface area is 147 Å². The molecule has 12 heteroatoms. The first-order valence-corrected chi connectivity index (χ1v) is 7.17. The summed E-state index contributed by atoms with van der Waals surface area (Å²) in [7, 11) is 2.51. The normalized spacial score (nSPS) is 12.0. The van der Waals surface area contributed by atoms with Gasteiger partial charge in [0.2, 0.25) is 0 Å². The Balaban J connectivity index is 2.82. The number of aromatic amines is 1. The lowest BCUT2D eigenvalue weighted by atomic mass is 10.1. The molecule has 0 atom stereocenters. The van der Waals surface area contributed by atoms with Crippen molar-refractivity contribution in [3.05, 3.63) is 55.1 Å². The number of methoxy groups -OCH3 is 2. The number of benzene rings is 1. The van der Waals surface area contributed by atoms with Crippen molar-refractivity contribution >= 4 is 17.3 Å². The van der Waals surface area contributed by atoms with Crippen molar-refractivity contribution in [1.82, 2.24) is 9.55 Å². The van der Waals surface area contributed by atoms with Crippen LogP contribution in [0.2, 0.25) is 5.02 Å². The van der Waals surface area contributed by atoms with Gasteiger partial charge in [-0.1, -0.05) is 11.6 Å². The van der Waals surface area contributed by atoms with Crippen molar-refractivity contribution in [2.75, 3.05) is 20.0 Å². The van der Waals surface area contributed by atoms with Crippen LogP contribution in [-0.2, 0) is 15.7 Å². The first-order chi connectivity index (χ1) is 12.0. The summed E-state index contributed by atoms with van der Waals surface area (Å²) >= 11 is 5.89. The summed E-state index contributed by atoms with van der Waals surface area (Å²) < 4.78 is 62.8. The second-order valence-corrected chi connectivity index (χ2v) is 5.39. The average molecular weight is 398 g/mol. The van der Waals surface area contributed by atoms with E-state index >= 15 is 0 Å². The number of nitrogens with two attached hydrogens (primary N) is 1. The predicted octanol–water partition coefficient (Wildman–Crippen LogP) is 2.21. The SMILES string of the molecule is COC(OC)c1cc(-n2c(=O)[nH]c(C(F)(F)F)c(N)c2=O)c(F)cc1Cl. The lowest BCUT2D eigenvalue weighted by molar-refractivity contribution is -0.140. The predicted molar refractivity (Wildman–Crippen MR) is 83.8 cm³/mol. The highest BCUT2D eigenvalue weighted by molar-refractivity contribution is 6.31. The zero-order valence-electron chi connectivity index (χ0n) is 13.3. The summed E-state index contributed by atoms with van der Waals surface area (Å²) in [4.78, 5) is 25.6. The largest absolute Gasteiger partial charge is 0.433 e. The zero-order chi connectivity index (χ0) is 19.8. The number of nitrogens with zero attached hydrogens (tertiary/aromatic N) is 1. The van der Waals surface area contributed by atoms with E-state index in [9.17, 15) is 27.2 Å². The van der Waals surface area contributed by atoms with Gasteiger partial charge in [0.25, 0.3) is 5.56 Å². The molecule has 0 amide bonds. The van der Waals surface area contributed by atoms with E-state index in [-0.39, 0.29) is 15.2 Å². The van der Waals surface area contributed by atoms with E-state index < -0.39 is 46.6 Å². The maximum Gasteiger partial charge on any atom is 0.433 e. The van der Waals surface area contributed by atoms with Crippen LogP contribution in [0.5, 0.6) is 0 Å². The zero-order valence-corrected chi connectivity index (χ0v) is 14.0. The molecule has 7 nitrogen and oxygen atoms in total. The molecule has 0 aliphatic rings. The molecule has 2 rings (SSSR count). The van der Waals surface area contributed by atoms with Crippen LogP contribution in [0.1, 0.15) is 17.5 Å². The van der Waals surface area contributed by atoms with Gasteiger partial charge in [-0.3, -0.25) is 4.79 Å². The van der Waals surface area contributed by atoms with Crippen LogP contribution in [0.3, 0.4) is 0 Å². The highest BCUT2D eigenvalue weighted by Crippen LogP contribution is 2.31. The van der Waals surface area contributed by atoms with Crippen molar-refractivity contribution in [3.8, 4) is 5.69 Å². The van der Waals surface area contributed by atoms with E-state index in [0.717, 1.165) is 12.1 Å². The van der Waals surface area contributed by atoms with E-state index in [1.54, 1.807) is 0 Å². The number of rotatable bonds is 4. The fourth-order valence-electron chi connectivity index (χ4n) is 2.25.